The molecule has 1 aliphatic carbocycles. The van der Waals surface area contributed by atoms with Crippen LogP contribution >= 0.6 is 11.8 Å². The Kier molecular flexibility index (Phi) is 2.23. The number of anilines is 1. The first kappa shape index (κ1) is 10.2. The molecule has 2 aliphatic rings. The lowest BCUT2D eigenvalue weighted by molar-refractivity contribution is -0.113. The fourth-order valence-electron chi connectivity index (χ4n) is 2.09. The van der Waals surface area contributed by atoms with E-state index in [0.29, 0.717) is 5.75 Å². The van der Waals surface area contributed by atoms with Gasteiger partial charge in [-0.2, -0.15) is 0 Å². The van der Waals surface area contributed by atoms with Gasteiger partial charge in [-0.1, -0.05) is 6.07 Å². The van der Waals surface area contributed by atoms with E-state index in [1.54, 1.807) is 11.8 Å². The van der Waals surface area contributed by atoms with E-state index in [0.717, 1.165) is 23.4 Å². The zero-order valence-corrected chi connectivity index (χ0v) is 9.64. The van der Waals surface area contributed by atoms with Gasteiger partial charge in [0.1, 0.15) is 0 Å². The molecule has 84 valence electrons. The number of benzene rings is 1. The zero-order valence-electron chi connectivity index (χ0n) is 8.82. The SMILES string of the molecule is O=C1CSc2cc(C3(CO)CC3)ccc2N1. The summed E-state index contributed by atoms with van der Waals surface area (Å²) in [5, 5.41) is 12.2. The Balaban J connectivity index is 1.97. The van der Waals surface area contributed by atoms with Gasteiger partial charge in [-0.25, -0.2) is 0 Å². The van der Waals surface area contributed by atoms with Gasteiger partial charge in [0.15, 0.2) is 0 Å². The number of hydrogen-bond donors (Lipinski definition) is 2. The van der Waals surface area contributed by atoms with Crippen molar-refractivity contribution in [3.05, 3.63) is 23.8 Å². The van der Waals surface area contributed by atoms with Crippen LogP contribution in [0, 0.1) is 0 Å². The lowest BCUT2D eigenvalue weighted by Gasteiger charge is -2.19. The highest BCUT2D eigenvalue weighted by atomic mass is 32.2. The molecule has 0 radical (unpaired) electrons. The molecule has 0 unspecified atom stereocenters. The minimum absolute atomic E-state index is 0.0110. The molecular weight excluding hydrogens is 222 g/mol. The van der Waals surface area contributed by atoms with Crippen LogP contribution in [0.5, 0.6) is 0 Å². The monoisotopic (exact) mass is 235 g/mol. The molecule has 1 saturated carbocycles. The van der Waals surface area contributed by atoms with Crippen molar-refractivity contribution >= 4 is 23.4 Å². The molecule has 1 aliphatic heterocycles. The Morgan fingerprint density at radius 1 is 1.44 bits per heavy atom. The van der Waals surface area contributed by atoms with Gasteiger partial charge in [0.25, 0.3) is 0 Å². The van der Waals surface area contributed by atoms with Crippen LogP contribution in [0.3, 0.4) is 0 Å². The highest BCUT2D eigenvalue weighted by Crippen LogP contribution is 2.49. The number of fused-ring (bicyclic) bond motifs is 1. The molecule has 0 atom stereocenters. The highest BCUT2D eigenvalue weighted by Gasteiger charge is 2.43. The van der Waals surface area contributed by atoms with Crippen LogP contribution < -0.4 is 5.32 Å². The number of hydrogen-bond acceptors (Lipinski definition) is 3. The fraction of sp³-hybridized carbons (Fsp3) is 0.417. The third kappa shape index (κ3) is 1.53. The summed E-state index contributed by atoms with van der Waals surface area (Å²) in [6.45, 7) is 0.225. The number of aliphatic hydroxyl groups is 1. The van der Waals surface area contributed by atoms with Crippen molar-refractivity contribution in [3.63, 3.8) is 0 Å². The third-order valence-electron chi connectivity index (χ3n) is 3.38. The van der Waals surface area contributed by atoms with E-state index in [4.69, 9.17) is 0 Å². The molecule has 0 saturated heterocycles. The van der Waals surface area contributed by atoms with Crippen LogP contribution in [0.1, 0.15) is 18.4 Å². The van der Waals surface area contributed by atoms with E-state index in [1.807, 2.05) is 12.1 Å². The maximum absolute atomic E-state index is 11.2. The zero-order chi connectivity index (χ0) is 11.2. The Bertz CT molecular complexity index is 454. The molecule has 3 rings (SSSR count). The van der Waals surface area contributed by atoms with Gasteiger partial charge < -0.3 is 10.4 Å². The predicted octanol–water partition coefficient (Wildman–Crippen LogP) is 1.75. The average Bonchev–Trinajstić information content (AvgIpc) is 3.09. The van der Waals surface area contributed by atoms with Crippen molar-refractivity contribution in [2.75, 3.05) is 17.7 Å². The summed E-state index contributed by atoms with van der Waals surface area (Å²) < 4.78 is 0. The van der Waals surface area contributed by atoms with Gasteiger partial charge in [-0.3, -0.25) is 4.79 Å². The lowest BCUT2D eigenvalue weighted by Crippen LogP contribution is -2.19. The molecular formula is C12H13NO2S. The van der Waals surface area contributed by atoms with Crippen molar-refractivity contribution in [1.82, 2.24) is 0 Å². The van der Waals surface area contributed by atoms with Crippen molar-refractivity contribution in [3.8, 4) is 0 Å². The molecule has 3 nitrogen and oxygen atoms in total. The summed E-state index contributed by atoms with van der Waals surface area (Å²) in [6, 6.07) is 6.08. The molecule has 1 fully saturated rings. The fourth-order valence-corrected chi connectivity index (χ4v) is 2.94. The van der Waals surface area contributed by atoms with Gasteiger partial charge in [-0.05, 0) is 30.5 Å². The average molecular weight is 235 g/mol. The summed E-state index contributed by atoms with van der Waals surface area (Å²) in [7, 11) is 0. The smallest absolute Gasteiger partial charge is 0.234 e. The van der Waals surface area contributed by atoms with Gasteiger partial charge in [0.2, 0.25) is 5.91 Å². The molecule has 1 amide bonds. The first-order valence-corrected chi connectivity index (χ1v) is 6.40. The highest BCUT2D eigenvalue weighted by molar-refractivity contribution is 8.00. The minimum atomic E-state index is 0.0110. The molecule has 1 aromatic carbocycles. The summed E-state index contributed by atoms with van der Waals surface area (Å²) in [6.07, 6.45) is 2.14. The predicted molar refractivity (Wildman–Crippen MR) is 63.8 cm³/mol. The molecule has 1 aromatic rings. The maximum atomic E-state index is 11.2. The normalized spacial score (nSPS) is 21.2. The lowest BCUT2D eigenvalue weighted by atomic mass is 9.97. The van der Waals surface area contributed by atoms with E-state index in [-0.39, 0.29) is 17.9 Å². The Morgan fingerprint density at radius 3 is 2.94 bits per heavy atom. The largest absolute Gasteiger partial charge is 0.395 e. The Morgan fingerprint density at radius 2 is 2.25 bits per heavy atom. The van der Waals surface area contributed by atoms with Crippen LogP contribution in [-0.2, 0) is 10.2 Å². The summed E-state index contributed by atoms with van der Waals surface area (Å²) >= 11 is 1.57. The van der Waals surface area contributed by atoms with Crippen LogP contribution in [0.25, 0.3) is 0 Å². The number of nitrogens with one attached hydrogen (secondary N) is 1. The molecule has 0 bridgehead atoms. The van der Waals surface area contributed by atoms with Crippen molar-refractivity contribution < 1.29 is 9.90 Å². The van der Waals surface area contributed by atoms with Gasteiger partial charge in [-0.15, -0.1) is 11.8 Å². The van der Waals surface area contributed by atoms with E-state index < -0.39 is 0 Å². The van der Waals surface area contributed by atoms with E-state index in [1.165, 1.54) is 5.56 Å². The van der Waals surface area contributed by atoms with Gasteiger partial charge in [0.05, 0.1) is 18.0 Å². The van der Waals surface area contributed by atoms with E-state index in [9.17, 15) is 9.90 Å². The molecule has 0 spiro atoms. The van der Waals surface area contributed by atoms with Gasteiger partial charge in [0, 0.05) is 10.3 Å². The molecule has 1 heterocycles. The number of carbonyl (C=O) groups excluding carboxylic acids is 1. The molecule has 16 heavy (non-hydrogen) atoms. The van der Waals surface area contributed by atoms with Crippen molar-refractivity contribution in [1.29, 1.82) is 0 Å². The standard InChI is InChI=1S/C12H13NO2S/c14-7-12(3-4-12)8-1-2-9-10(5-8)16-6-11(15)13-9/h1-2,5,14H,3-4,6-7H2,(H,13,15). The maximum Gasteiger partial charge on any atom is 0.234 e. The number of amides is 1. The topological polar surface area (TPSA) is 49.3 Å². The van der Waals surface area contributed by atoms with Crippen LogP contribution in [0.2, 0.25) is 0 Å². The first-order chi connectivity index (χ1) is 7.73. The number of thioether (sulfide) groups is 1. The van der Waals surface area contributed by atoms with E-state index in [2.05, 4.69) is 11.4 Å². The van der Waals surface area contributed by atoms with Gasteiger partial charge >= 0.3 is 0 Å². The Hall–Kier alpha value is -1.00. The van der Waals surface area contributed by atoms with Crippen molar-refractivity contribution in [2.24, 2.45) is 0 Å². The number of carbonyl (C=O) groups is 1. The number of rotatable bonds is 2. The summed E-state index contributed by atoms with van der Waals surface area (Å²) in [5.41, 5.74) is 2.12. The molecule has 0 aromatic heterocycles. The minimum Gasteiger partial charge on any atom is -0.395 e. The second kappa shape index (κ2) is 3.50. The molecule has 2 N–H and O–H groups in total. The van der Waals surface area contributed by atoms with Crippen LogP contribution in [0.4, 0.5) is 5.69 Å². The first-order valence-electron chi connectivity index (χ1n) is 5.42. The van der Waals surface area contributed by atoms with Crippen LogP contribution in [-0.4, -0.2) is 23.4 Å². The third-order valence-corrected chi connectivity index (χ3v) is 4.44. The van der Waals surface area contributed by atoms with Crippen LogP contribution in [0.15, 0.2) is 23.1 Å². The molecule has 4 heteroatoms. The van der Waals surface area contributed by atoms with E-state index >= 15 is 0 Å². The summed E-state index contributed by atoms with van der Waals surface area (Å²) in [5.74, 6) is 0.552. The second-order valence-electron chi connectivity index (χ2n) is 4.49. The Labute approximate surface area is 98.2 Å². The van der Waals surface area contributed by atoms with Crippen molar-refractivity contribution in [2.45, 2.75) is 23.2 Å². The number of aliphatic hydroxyl groups excluding tert-OH is 1. The second-order valence-corrected chi connectivity index (χ2v) is 5.50. The summed E-state index contributed by atoms with van der Waals surface area (Å²) in [4.78, 5) is 12.3. The quantitative estimate of drug-likeness (QED) is 0.821.